The van der Waals surface area contributed by atoms with Crippen molar-refractivity contribution < 1.29 is 19.2 Å². The van der Waals surface area contributed by atoms with E-state index in [0.29, 0.717) is 12.2 Å². The molecule has 1 fully saturated rings. The van der Waals surface area contributed by atoms with Crippen LogP contribution in [0.25, 0.3) is 0 Å². The van der Waals surface area contributed by atoms with Gasteiger partial charge in [0.25, 0.3) is 5.69 Å². The molecule has 0 saturated carbocycles. The van der Waals surface area contributed by atoms with E-state index in [1.165, 1.54) is 24.3 Å². The van der Waals surface area contributed by atoms with E-state index in [4.69, 9.17) is 9.47 Å². The molecule has 2 atom stereocenters. The van der Waals surface area contributed by atoms with Crippen LogP contribution in [-0.4, -0.2) is 42.9 Å². The first-order valence-electron chi connectivity index (χ1n) is 6.59. The molecule has 1 heterocycles. The molecule has 0 spiro atoms. The average Bonchev–Trinajstić information content (AvgIpc) is 2.46. The standard InChI is InChI=1S/C13H17N3O5/c1-9-6-14-7-12(21-9)8-20-13(17)15-10-2-4-11(5-3-10)16(18)19/h2-5,9,12,14H,6-8H2,1H3,(H,15,17). The van der Waals surface area contributed by atoms with Crippen molar-refractivity contribution >= 4 is 17.5 Å². The van der Waals surface area contributed by atoms with Crippen molar-refractivity contribution in [2.75, 3.05) is 25.0 Å². The molecule has 1 amide bonds. The Morgan fingerprint density at radius 2 is 2.19 bits per heavy atom. The summed E-state index contributed by atoms with van der Waals surface area (Å²) in [5.41, 5.74) is 0.395. The topological polar surface area (TPSA) is 103 Å². The van der Waals surface area contributed by atoms with Gasteiger partial charge in [-0.3, -0.25) is 15.4 Å². The van der Waals surface area contributed by atoms with Crippen molar-refractivity contribution in [3.05, 3.63) is 34.4 Å². The number of nitro groups is 1. The monoisotopic (exact) mass is 295 g/mol. The Balaban J connectivity index is 1.77. The SMILES string of the molecule is CC1CNCC(COC(=O)Nc2ccc([N+](=O)[O-])cc2)O1. The summed E-state index contributed by atoms with van der Waals surface area (Å²) in [4.78, 5) is 21.6. The predicted molar refractivity (Wildman–Crippen MR) is 75.3 cm³/mol. The van der Waals surface area contributed by atoms with Crippen molar-refractivity contribution in [1.29, 1.82) is 0 Å². The number of nitrogens with one attached hydrogen (secondary N) is 2. The number of hydrogen-bond acceptors (Lipinski definition) is 6. The summed E-state index contributed by atoms with van der Waals surface area (Å²) in [5, 5.41) is 16.2. The second kappa shape index (κ2) is 7.00. The number of nitrogens with zero attached hydrogens (tertiary/aromatic N) is 1. The average molecular weight is 295 g/mol. The van der Waals surface area contributed by atoms with Gasteiger partial charge >= 0.3 is 6.09 Å². The van der Waals surface area contributed by atoms with E-state index in [9.17, 15) is 14.9 Å². The zero-order valence-electron chi connectivity index (χ0n) is 11.6. The van der Waals surface area contributed by atoms with Crippen LogP contribution >= 0.6 is 0 Å². The minimum atomic E-state index is -0.620. The zero-order valence-corrected chi connectivity index (χ0v) is 11.6. The van der Waals surface area contributed by atoms with Crippen LogP contribution in [0.1, 0.15) is 6.92 Å². The number of ether oxygens (including phenoxy) is 2. The molecule has 1 aliphatic rings. The Labute approximate surface area is 121 Å². The second-order valence-electron chi connectivity index (χ2n) is 4.75. The van der Waals surface area contributed by atoms with Gasteiger partial charge in [-0.05, 0) is 19.1 Å². The highest BCUT2D eigenvalue weighted by molar-refractivity contribution is 5.84. The van der Waals surface area contributed by atoms with E-state index in [2.05, 4.69) is 10.6 Å². The Morgan fingerprint density at radius 1 is 1.48 bits per heavy atom. The van der Waals surface area contributed by atoms with E-state index in [1.807, 2.05) is 6.92 Å². The summed E-state index contributed by atoms with van der Waals surface area (Å²) in [6.45, 7) is 3.51. The highest BCUT2D eigenvalue weighted by Crippen LogP contribution is 2.15. The molecule has 1 aromatic carbocycles. The summed E-state index contributed by atoms with van der Waals surface area (Å²) in [5.74, 6) is 0. The number of amides is 1. The molecule has 1 aliphatic heterocycles. The third kappa shape index (κ3) is 4.69. The Hall–Kier alpha value is -2.19. The van der Waals surface area contributed by atoms with Crippen LogP contribution in [0.15, 0.2) is 24.3 Å². The van der Waals surface area contributed by atoms with Gasteiger partial charge in [0, 0.05) is 30.9 Å². The maximum atomic E-state index is 11.6. The summed E-state index contributed by atoms with van der Waals surface area (Å²) in [6.07, 6.45) is -0.702. The first-order chi connectivity index (χ1) is 10.0. The molecule has 8 heteroatoms. The van der Waals surface area contributed by atoms with Gasteiger partial charge in [-0.1, -0.05) is 0 Å². The number of carbonyl (C=O) groups excluding carboxylic acids is 1. The van der Waals surface area contributed by atoms with Crippen molar-refractivity contribution in [2.24, 2.45) is 0 Å². The molecule has 114 valence electrons. The number of anilines is 1. The van der Waals surface area contributed by atoms with Gasteiger partial charge in [0.05, 0.1) is 11.0 Å². The predicted octanol–water partition coefficient (Wildman–Crippen LogP) is 1.52. The highest BCUT2D eigenvalue weighted by Gasteiger charge is 2.20. The molecule has 21 heavy (non-hydrogen) atoms. The molecule has 1 aromatic rings. The van der Waals surface area contributed by atoms with Gasteiger partial charge in [0.2, 0.25) is 0 Å². The molecule has 2 rings (SSSR count). The molecule has 2 N–H and O–H groups in total. The number of rotatable bonds is 4. The second-order valence-corrected chi connectivity index (χ2v) is 4.75. The smallest absolute Gasteiger partial charge is 0.411 e. The lowest BCUT2D eigenvalue weighted by molar-refractivity contribution is -0.384. The van der Waals surface area contributed by atoms with Gasteiger partial charge in [-0.25, -0.2) is 4.79 Å². The molecular weight excluding hydrogens is 278 g/mol. The number of carbonyl (C=O) groups is 1. The number of benzene rings is 1. The lowest BCUT2D eigenvalue weighted by atomic mass is 10.2. The molecule has 0 bridgehead atoms. The minimum absolute atomic E-state index is 0.0374. The molecule has 1 saturated heterocycles. The van der Waals surface area contributed by atoms with Crippen molar-refractivity contribution in [1.82, 2.24) is 5.32 Å². The Morgan fingerprint density at radius 3 is 2.81 bits per heavy atom. The molecule has 0 aromatic heterocycles. The van der Waals surface area contributed by atoms with Gasteiger partial charge in [-0.2, -0.15) is 0 Å². The first kappa shape index (κ1) is 15.2. The summed E-state index contributed by atoms with van der Waals surface area (Å²) >= 11 is 0. The molecule has 0 radical (unpaired) electrons. The lowest BCUT2D eigenvalue weighted by Gasteiger charge is -2.28. The van der Waals surface area contributed by atoms with Crippen molar-refractivity contribution in [3.8, 4) is 0 Å². The third-order valence-electron chi connectivity index (χ3n) is 2.95. The van der Waals surface area contributed by atoms with Gasteiger partial charge in [-0.15, -0.1) is 0 Å². The molecule has 0 aliphatic carbocycles. The van der Waals surface area contributed by atoms with E-state index >= 15 is 0 Å². The van der Waals surface area contributed by atoms with E-state index < -0.39 is 11.0 Å². The minimum Gasteiger partial charge on any atom is -0.446 e. The zero-order chi connectivity index (χ0) is 15.2. The van der Waals surface area contributed by atoms with Crippen LogP contribution in [-0.2, 0) is 9.47 Å². The largest absolute Gasteiger partial charge is 0.446 e. The van der Waals surface area contributed by atoms with Crippen LogP contribution in [0.4, 0.5) is 16.2 Å². The van der Waals surface area contributed by atoms with E-state index in [1.54, 1.807) is 0 Å². The number of morpholine rings is 1. The number of non-ortho nitro benzene ring substituents is 1. The summed E-state index contributed by atoms with van der Waals surface area (Å²) < 4.78 is 10.6. The van der Waals surface area contributed by atoms with Crippen LogP contribution in [0.5, 0.6) is 0 Å². The quantitative estimate of drug-likeness (QED) is 0.645. The maximum Gasteiger partial charge on any atom is 0.411 e. The van der Waals surface area contributed by atoms with Crippen LogP contribution < -0.4 is 10.6 Å². The molecule has 8 nitrogen and oxygen atoms in total. The fourth-order valence-corrected chi connectivity index (χ4v) is 1.96. The van der Waals surface area contributed by atoms with Crippen molar-refractivity contribution in [2.45, 2.75) is 19.1 Å². The summed E-state index contributed by atoms with van der Waals surface area (Å²) in [7, 11) is 0. The first-order valence-corrected chi connectivity index (χ1v) is 6.59. The van der Waals surface area contributed by atoms with Gasteiger partial charge in [0.1, 0.15) is 12.7 Å². The van der Waals surface area contributed by atoms with E-state index in [-0.39, 0.29) is 24.5 Å². The fourth-order valence-electron chi connectivity index (χ4n) is 1.96. The van der Waals surface area contributed by atoms with Crippen molar-refractivity contribution in [3.63, 3.8) is 0 Å². The van der Waals surface area contributed by atoms with Crippen LogP contribution in [0.2, 0.25) is 0 Å². The highest BCUT2D eigenvalue weighted by atomic mass is 16.6. The number of hydrogen-bond donors (Lipinski definition) is 2. The van der Waals surface area contributed by atoms with Gasteiger partial charge < -0.3 is 14.8 Å². The van der Waals surface area contributed by atoms with Crippen LogP contribution in [0, 0.1) is 10.1 Å². The Kier molecular flexibility index (Phi) is 5.07. The van der Waals surface area contributed by atoms with E-state index in [0.717, 1.165) is 6.54 Å². The lowest BCUT2D eigenvalue weighted by Crippen LogP contribution is -2.45. The van der Waals surface area contributed by atoms with Crippen LogP contribution in [0.3, 0.4) is 0 Å². The molecule has 2 unspecified atom stereocenters. The maximum absolute atomic E-state index is 11.6. The molecular formula is C13H17N3O5. The number of nitro benzene ring substituents is 1. The Bertz CT molecular complexity index is 505. The third-order valence-corrected chi connectivity index (χ3v) is 2.95. The summed E-state index contributed by atoms with van der Waals surface area (Å²) in [6, 6.07) is 5.51. The van der Waals surface area contributed by atoms with Gasteiger partial charge in [0.15, 0.2) is 0 Å². The fraction of sp³-hybridized carbons (Fsp3) is 0.462. The normalized spacial score (nSPS) is 21.6.